The van der Waals surface area contributed by atoms with Crippen molar-refractivity contribution in [2.75, 3.05) is 5.32 Å². The Hall–Kier alpha value is -1.29. The molecular formula is C12H15N3S. The number of fused-ring (bicyclic) bond motifs is 3. The van der Waals surface area contributed by atoms with Gasteiger partial charge in [0, 0.05) is 22.0 Å². The molecule has 2 aromatic rings. The Balaban J connectivity index is 2.05. The molecule has 0 spiro atoms. The molecule has 1 aliphatic carbocycles. The van der Waals surface area contributed by atoms with Crippen LogP contribution in [0.5, 0.6) is 0 Å². The van der Waals surface area contributed by atoms with Crippen LogP contribution in [0.25, 0.3) is 11.3 Å². The maximum Gasteiger partial charge on any atom is 0.151 e. The van der Waals surface area contributed by atoms with Crippen molar-refractivity contribution < 1.29 is 0 Å². The van der Waals surface area contributed by atoms with Gasteiger partial charge >= 0.3 is 0 Å². The fourth-order valence-corrected chi connectivity index (χ4v) is 3.11. The number of hydrogen-bond donors (Lipinski definition) is 2. The van der Waals surface area contributed by atoms with Crippen LogP contribution in [0.15, 0.2) is 11.4 Å². The van der Waals surface area contributed by atoms with Gasteiger partial charge in [-0.2, -0.15) is 5.10 Å². The maximum atomic E-state index is 4.38. The van der Waals surface area contributed by atoms with Gasteiger partial charge in [-0.15, -0.1) is 11.3 Å². The summed E-state index contributed by atoms with van der Waals surface area (Å²) < 4.78 is 0. The predicted molar refractivity (Wildman–Crippen MR) is 68.1 cm³/mol. The standard InChI is InChI=1S/C12H15N3S/c1-7(2)13-12-9-3-4-10-8(5-6-16-10)11(9)14-15-12/h5-7H,3-4H2,1-2H3,(H2,13,14,15). The quantitative estimate of drug-likeness (QED) is 0.837. The van der Waals surface area contributed by atoms with Gasteiger partial charge < -0.3 is 5.32 Å². The lowest BCUT2D eigenvalue weighted by molar-refractivity contribution is 0.876. The third-order valence-corrected chi connectivity index (χ3v) is 3.89. The number of thiophene rings is 1. The van der Waals surface area contributed by atoms with Crippen molar-refractivity contribution in [3.63, 3.8) is 0 Å². The number of hydrogen-bond acceptors (Lipinski definition) is 3. The van der Waals surface area contributed by atoms with Gasteiger partial charge in [0.1, 0.15) is 0 Å². The molecule has 4 heteroatoms. The second-order valence-corrected chi connectivity index (χ2v) is 5.48. The fourth-order valence-electron chi connectivity index (χ4n) is 2.22. The van der Waals surface area contributed by atoms with Gasteiger partial charge in [0.05, 0.1) is 5.69 Å². The average Bonchev–Trinajstić information content (AvgIpc) is 2.82. The summed E-state index contributed by atoms with van der Waals surface area (Å²) in [6.45, 7) is 4.28. The molecule has 84 valence electrons. The summed E-state index contributed by atoms with van der Waals surface area (Å²) in [5.74, 6) is 1.03. The predicted octanol–water partition coefficient (Wildman–Crippen LogP) is 3.06. The highest BCUT2D eigenvalue weighted by Crippen LogP contribution is 2.38. The Morgan fingerprint density at radius 3 is 3.12 bits per heavy atom. The van der Waals surface area contributed by atoms with Crippen molar-refractivity contribution in [3.8, 4) is 11.3 Å². The van der Waals surface area contributed by atoms with E-state index in [1.165, 1.54) is 21.7 Å². The normalized spacial score (nSPS) is 13.7. The smallest absolute Gasteiger partial charge is 0.151 e. The zero-order valence-corrected chi connectivity index (χ0v) is 10.3. The van der Waals surface area contributed by atoms with E-state index in [4.69, 9.17) is 0 Å². The first-order chi connectivity index (χ1) is 7.75. The molecule has 1 aliphatic rings. The highest BCUT2D eigenvalue weighted by atomic mass is 32.1. The molecule has 3 rings (SSSR count). The summed E-state index contributed by atoms with van der Waals surface area (Å²) in [6.07, 6.45) is 2.24. The molecule has 0 fully saturated rings. The molecule has 0 aromatic carbocycles. The summed E-state index contributed by atoms with van der Waals surface area (Å²) >= 11 is 1.84. The Bertz CT molecular complexity index is 510. The van der Waals surface area contributed by atoms with Crippen LogP contribution in [0.3, 0.4) is 0 Å². The van der Waals surface area contributed by atoms with E-state index >= 15 is 0 Å². The molecule has 16 heavy (non-hydrogen) atoms. The number of aryl methyl sites for hydroxylation is 1. The van der Waals surface area contributed by atoms with Crippen LogP contribution in [-0.2, 0) is 12.8 Å². The van der Waals surface area contributed by atoms with Gasteiger partial charge in [0.2, 0.25) is 0 Å². The van der Waals surface area contributed by atoms with Gasteiger partial charge in [0.15, 0.2) is 5.82 Å². The number of aromatic nitrogens is 2. The number of nitrogens with zero attached hydrogens (tertiary/aromatic N) is 1. The largest absolute Gasteiger partial charge is 0.366 e. The lowest BCUT2D eigenvalue weighted by Gasteiger charge is -2.14. The van der Waals surface area contributed by atoms with Crippen LogP contribution in [0, 0.1) is 0 Å². The van der Waals surface area contributed by atoms with E-state index < -0.39 is 0 Å². The van der Waals surface area contributed by atoms with Crippen molar-refractivity contribution >= 4 is 17.2 Å². The summed E-state index contributed by atoms with van der Waals surface area (Å²) in [5.41, 5.74) is 3.90. The van der Waals surface area contributed by atoms with E-state index in [1.807, 2.05) is 11.3 Å². The molecule has 0 saturated carbocycles. The lowest BCUT2D eigenvalue weighted by atomic mass is 9.96. The first-order valence-corrected chi connectivity index (χ1v) is 6.54. The minimum Gasteiger partial charge on any atom is -0.366 e. The second kappa shape index (κ2) is 3.63. The van der Waals surface area contributed by atoms with E-state index in [-0.39, 0.29) is 0 Å². The van der Waals surface area contributed by atoms with Gasteiger partial charge in [-0.25, -0.2) is 0 Å². The fraction of sp³-hybridized carbons (Fsp3) is 0.417. The molecule has 0 bridgehead atoms. The van der Waals surface area contributed by atoms with Crippen molar-refractivity contribution in [2.45, 2.75) is 32.7 Å². The first-order valence-electron chi connectivity index (χ1n) is 5.66. The van der Waals surface area contributed by atoms with E-state index in [0.29, 0.717) is 6.04 Å². The van der Waals surface area contributed by atoms with Crippen molar-refractivity contribution in [2.24, 2.45) is 0 Å². The van der Waals surface area contributed by atoms with E-state index in [1.54, 1.807) is 0 Å². The molecule has 3 nitrogen and oxygen atoms in total. The first kappa shape index (κ1) is 9.90. The Kier molecular flexibility index (Phi) is 2.24. The number of aromatic amines is 1. The molecule has 2 heterocycles. The van der Waals surface area contributed by atoms with E-state index in [0.717, 1.165) is 18.7 Å². The minimum absolute atomic E-state index is 0.427. The second-order valence-electron chi connectivity index (χ2n) is 4.48. The monoisotopic (exact) mass is 233 g/mol. The molecule has 0 atom stereocenters. The zero-order chi connectivity index (χ0) is 11.1. The zero-order valence-electron chi connectivity index (χ0n) is 9.50. The Labute approximate surface area is 98.9 Å². The molecule has 0 saturated heterocycles. The average molecular weight is 233 g/mol. The SMILES string of the molecule is CC(C)Nc1n[nH]c2c1CCc1sccc1-2. The minimum atomic E-state index is 0.427. The Morgan fingerprint density at radius 1 is 1.44 bits per heavy atom. The molecule has 2 N–H and O–H groups in total. The van der Waals surface area contributed by atoms with Crippen molar-refractivity contribution in [3.05, 3.63) is 21.9 Å². The van der Waals surface area contributed by atoms with Crippen LogP contribution >= 0.6 is 11.3 Å². The lowest BCUT2D eigenvalue weighted by Crippen LogP contribution is -2.12. The highest BCUT2D eigenvalue weighted by Gasteiger charge is 2.22. The van der Waals surface area contributed by atoms with Gasteiger partial charge in [-0.05, 0) is 38.1 Å². The van der Waals surface area contributed by atoms with Crippen LogP contribution in [0.4, 0.5) is 5.82 Å². The summed E-state index contributed by atoms with van der Waals surface area (Å²) in [5, 5.41) is 13.1. The van der Waals surface area contributed by atoms with E-state index in [9.17, 15) is 0 Å². The Morgan fingerprint density at radius 2 is 2.31 bits per heavy atom. The van der Waals surface area contributed by atoms with Crippen LogP contribution in [-0.4, -0.2) is 16.2 Å². The molecule has 0 radical (unpaired) electrons. The van der Waals surface area contributed by atoms with E-state index in [2.05, 4.69) is 40.8 Å². The number of rotatable bonds is 2. The van der Waals surface area contributed by atoms with Crippen LogP contribution in [0.1, 0.15) is 24.3 Å². The molecular weight excluding hydrogens is 218 g/mol. The third kappa shape index (κ3) is 1.45. The van der Waals surface area contributed by atoms with Crippen LogP contribution in [0.2, 0.25) is 0 Å². The summed E-state index contributed by atoms with van der Waals surface area (Å²) in [4.78, 5) is 1.48. The molecule has 0 amide bonds. The number of nitrogens with one attached hydrogen (secondary N) is 2. The van der Waals surface area contributed by atoms with Gasteiger partial charge in [0.25, 0.3) is 0 Å². The summed E-state index contributed by atoms with van der Waals surface area (Å²) in [7, 11) is 0. The third-order valence-electron chi connectivity index (χ3n) is 2.91. The van der Waals surface area contributed by atoms with Gasteiger partial charge in [-0.3, -0.25) is 5.10 Å². The number of anilines is 1. The molecule has 2 aromatic heterocycles. The maximum absolute atomic E-state index is 4.38. The summed E-state index contributed by atoms with van der Waals surface area (Å²) in [6, 6.07) is 2.62. The van der Waals surface area contributed by atoms with Crippen molar-refractivity contribution in [1.82, 2.24) is 10.2 Å². The highest BCUT2D eigenvalue weighted by molar-refractivity contribution is 7.10. The van der Waals surface area contributed by atoms with Crippen LogP contribution < -0.4 is 5.32 Å². The van der Waals surface area contributed by atoms with Gasteiger partial charge in [-0.1, -0.05) is 0 Å². The topological polar surface area (TPSA) is 40.7 Å². The number of H-pyrrole nitrogens is 1. The van der Waals surface area contributed by atoms with Crippen molar-refractivity contribution in [1.29, 1.82) is 0 Å². The molecule has 0 aliphatic heterocycles. The molecule has 0 unspecified atom stereocenters.